The van der Waals surface area contributed by atoms with Crippen LogP contribution in [0.4, 0.5) is 0 Å². The summed E-state index contributed by atoms with van der Waals surface area (Å²) in [6.07, 6.45) is 1.95. The van der Waals surface area contributed by atoms with Crippen LogP contribution in [0.2, 0.25) is 0 Å². The number of nitrogens with zero attached hydrogens (tertiary/aromatic N) is 3. The van der Waals surface area contributed by atoms with Gasteiger partial charge in [-0.05, 0) is 52.8 Å². The van der Waals surface area contributed by atoms with Crippen molar-refractivity contribution in [2.24, 2.45) is 11.8 Å². The zero-order chi connectivity index (χ0) is 17.8. The van der Waals surface area contributed by atoms with Gasteiger partial charge in [-0.25, -0.2) is 5.10 Å². The molecule has 0 aliphatic carbocycles. The average molecular weight is 341 g/mol. The van der Waals surface area contributed by atoms with Gasteiger partial charge < -0.3 is 10.4 Å². The Kier molecular flexibility index (Phi) is 5.48. The number of rotatable bonds is 7. The van der Waals surface area contributed by atoms with Gasteiger partial charge in [0, 0.05) is 18.4 Å². The van der Waals surface area contributed by atoms with Crippen LogP contribution in [0.5, 0.6) is 0 Å². The summed E-state index contributed by atoms with van der Waals surface area (Å²) in [6, 6.07) is 8.81. The van der Waals surface area contributed by atoms with Crippen molar-refractivity contribution in [3.05, 3.63) is 53.6 Å². The van der Waals surface area contributed by atoms with E-state index in [-0.39, 0.29) is 23.5 Å². The SMILES string of the molecule is C=C(O)[C@@H](C(C)C)[C@H](Cc1ccc(C2CCNC2)cc1)c1nnn[nH]1. The third-order valence-electron chi connectivity index (χ3n) is 5.22. The fourth-order valence-corrected chi connectivity index (χ4v) is 3.92. The van der Waals surface area contributed by atoms with Crippen molar-refractivity contribution in [1.29, 1.82) is 0 Å². The topological polar surface area (TPSA) is 86.7 Å². The lowest BCUT2D eigenvalue weighted by molar-refractivity contribution is 0.243. The Bertz CT molecular complexity index is 674. The number of benzene rings is 1. The quantitative estimate of drug-likeness (QED) is 0.674. The van der Waals surface area contributed by atoms with E-state index < -0.39 is 0 Å². The van der Waals surface area contributed by atoms with Crippen LogP contribution < -0.4 is 5.32 Å². The first kappa shape index (κ1) is 17.6. The van der Waals surface area contributed by atoms with Gasteiger partial charge in [-0.1, -0.05) is 44.7 Å². The van der Waals surface area contributed by atoms with Gasteiger partial charge in [-0.15, -0.1) is 5.10 Å². The first-order valence-corrected chi connectivity index (χ1v) is 8.97. The van der Waals surface area contributed by atoms with Crippen molar-refractivity contribution >= 4 is 0 Å². The molecule has 0 spiro atoms. The van der Waals surface area contributed by atoms with Crippen LogP contribution in [0.3, 0.4) is 0 Å². The summed E-state index contributed by atoms with van der Waals surface area (Å²) < 4.78 is 0. The summed E-state index contributed by atoms with van der Waals surface area (Å²) in [5.41, 5.74) is 2.60. The Labute approximate surface area is 148 Å². The normalized spacial score (nSPS) is 19.9. The lowest BCUT2D eigenvalue weighted by atomic mass is 9.78. The second-order valence-corrected chi connectivity index (χ2v) is 7.29. The maximum atomic E-state index is 10.1. The number of allylic oxidation sites excluding steroid dienone is 1. The van der Waals surface area contributed by atoms with Crippen molar-refractivity contribution in [2.45, 2.75) is 38.5 Å². The molecule has 1 aliphatic rings. The Morgan fingerprint density at radius 2 is 2.08 bits per heavy atom. The van der Waals surface area contributed by atoms with E-state index in [1.165, 1.54) is 17.5 Å². The van der Waals surface area contributed by atoms with Crippen molar-refractivity contribution in [1.82, 2.24) is 25.9 Å². The molecule has 1 aliphatic heterocycles. The Hall–Kier alpha value is -2.21. The van der Waals surface area contributed by atoms with Crippen LogP contribution in [0.25, 0.3) is 0 Å². The fraction of sp³-hybridized carbons (Fsp3) is 0.526. The molecule has 3 N–H and O–H groups in total. The predicted octanol–water partition coefficient (Wildman–Crippen LogP) is 2.95. The van der Waals surface area contributed by atoms with Gasteiger partial charge in [0.25, 0.3) is 0 Å². The van der Waals surface area contributed by atoms with Crippen LogP contribution in [0, 0.1) is 11.8 Å². The van der Waals surface area contributed by atoms with E-state index in [0.717, 1.165) is 19.5 Å². The van der Waals surface area contributed by atoms with Crippen molar-refractivity contribution in [3.63, 3.8) is 0 Å². The highest BCUT2D eigenvalue weighted by Gasteiger charge is 2.31. The minimum absolute atomic E-state index is 0.0357. The largest absolute Gasteiger partial charge is 0.513 e. The zero-order valence-electron chi connectivity index (χ0n) is 14.9. The van der Waals surface area contributed by atoms with Gasteiger partial charge in [0.2, 0.25) is 0 Å². The molecule has 1 aromatic heterocycles. The van der Waals surface area contributed by atoms with E-state index >= 15 is 0 Å². The molecule has 2 heterocycles. The number of aromatic nitrogens is 4. The van der Waals surface area contributed by atoms with Gasteiger partial charge in [-0.2, -0.15) is 0 Å². The van der Waals surface area contributed by atoms with E-state index in [1.54, 1.807) is 0 Å². The Morgan fingerprint density at radius 1 is 1.32 bits per heavy atom. The number of hydrogen-bond donors (Lipinski definition) is 3. The van der Waals surface area contributed by atoms with E-state index in [2.05, 4.69) is 70.6 Å². The van der Waals surface area contributed by atoms with Gasteiger partial charge in [0.1, 0.15) is 0 Å². The van der Waals surface area contributed by atoms with Crippen LogP contribution in [-0.2, 0) is 6.42 Å². The van der Waals surface area contributed by atoms with Crippen molar-refractivity contribution in [2.75, 3.05) is 13.1 Å². The molecule has 1 aromatic carbocycles. The molecule has 3 atom stereocenters. The third kappa shape index (κ3) is 4.07. The minimum atomic E-state index is -0.103. The van der Waals surface area contributed by atoms with Crippen LogP contribution >= 0.6 is 0 Å². The molecule has 6 heteroatoms. The number of H-pyrrole nitrogens is 1. The second kappa shape index (κ2) is 7.78. The zero-order valence-corrected chi connectivity index (χ0v) is 14.9. The third-order valence-corrected chi connectivity index (χ3v) is 5.22. The number of hydrogen-bond acceptors (Lipinski definition) is 5. The molecule has 6 nitrogen and oxygen atoms in total. The highest BCUT2D eigenvalue weighted by atomic mass is 16.3. The Morgan fingerprint density at radius 3 is 2.60 bits per heavy atom. The van der Waals surface area contributed by atoms with Gasteiger partial charge >= 0.3 is 0 Å². The van der Waals surface area contributed by atoms with E-state index in [1.807, 2.05) is 0 Å². The summed E-state index contributed by atoms with van der Waals surface area (Å²) >= 11 is 0. The second-order valence-electron chi connectivity index (χ2n) is 7.29. The maximum absolute atomic E-state index is 10.1. The summed E-state index contributed by atoms with van der Waals surface area (Å²) in [5, 5.41) is 27.9. The number of nitrogens with one attached hydrogen (secondary N) is 2. The monoisotopic (exact) mass is 341 g/mol. The first-order valence-electron chi connectivity index (χ1n) is 8.97. The van der Waals surface area contributed by atoms with E-state index in [9.17, 15) is 5.11 Å². The van der Waals surface area contributed by atoms with Gasteiger partial charge in [0.05, 0.1) is 5.76 Å². The summed E-state index contributed by atoms with van der Waals surface area (Å²) in [6.45, 7) is 10.1. The lowest BCUT2D eigenvalue weighted by Gasteiger charge is -2.27. The molecule has 134 valence electrons. The van der Waals surface area contributed by atoms with Crippen LogP contribution in [-0.4, -0.2) is 38.8 Å². The summed E-state index contributed by atoms with van der Waals surface area (Å²) in [4.78, 5) is 0. The number of tetrazole rings is 1. The molecule has 2 aromatic rings. The van der Waals surface area contributed by atoms with Crippen LogP contribution in [0.1, 0.15) is 49.1 Å². The van der Waals surface area contributed by atoms with Crippen molar-refractivity contribution in [3.8, 4) is 0 Å². The molecule has 1 unspecified atom stereocenters. The predicted molar refractivity (Wildman–Crippen MR) is 97.4 cm³/mol. The highest BCUT2D eigenvalue weighted by molar-refractivity contribution is 5.28. The van der Waals surface area contributed by atoms with E-state index in [4.69, 9.17) is 0 Å². The number of aliphatic hydroxyl groups excluding tert-OH is 1. The molecule has 1 saturated heterocycles. The first-order chi connectivity index (χ1) is 12.1. The molecule has 1 fully saturated rings. The van der Waals surface area contributed by atoms with Gasteiger partial charge in [0.15, 0.2) is 5.82 Å². The summed E-state index contributed by atoms with van der Waals surface area (Å²) in [7, 11) is 0. The molecular formula is C19H27N5O. The average Bonchev–Trinajstić information content (AvgIpc) is 3.28. The smallest absolute Gasteiger partial charge is 0.152 e. The molecule has 0 amide bonds. The van der Waals surface area contributed by atoms with Crippen LogP contribution in [0.15, 0.2) is 36.6 Å². The fourth-order valence-electron chi connectivity index (χ4n) is 3.92. The van der Waals surface area contributed by atoms with E-state index in [0.29, 0.717) is 11.7 Å². The van der Waals surface area contributed by atoms with Gasteiger partial charge in [-0.3, -0.25) is 0 Å². The number of aliphatic hydroxyl groups is 1. The highest BCUT2D eigenvalue weighted by Crippen LogP contribution is 2.35. The minimum Gasteiger partial charge on any atom is -0.513 e. The molecular weight excluding hydrogens is 314 g/mol. The maximum Gasteiger partial charge on any atom is 0.152 e. The molecule has 25 heavy (non-hydrogen) atoms. The molecule has 0 bridgehead atoms. The van der Waals surface area contributed by atoms with Crippen molar-refractivity contribution < 1.29 is 5.11 Å². The molecule has 0 radical (unpaired) electrons. The molecule has 3 rings (SSSR count). The standard InChI is InChI=1S/C19H27N5O/c1-12(2)18(13(3)25)17(19-21-23-24-22-19)10-14-4-6-15(7-5-14)16-8-9-20-11-16/h4-7,12,16-18,20,25H,3,8-11H2,1-2H3,(H,21,22,23,24)/t16?,17-,18+/m0/s1. The Balaban J connectivity index is 1.81. The summed E-state index contributed by atoms with van der Waals surface area (Å²) in [5.74, 6) is 1.59. The molecule has 0 saturated carbocycles. The lowest BCUT2D eigenvalue weighted by Crippen LogP contribution is -2.23. The number of aromatic amines is 1.